The van der Waals surface area contributed by atoms with Crippen molar-refractivity contribution in [1.29, 1.82) is 0 Å². The fourth-order valence-corrected chi connectivity index (χ4v) is 8.52. The lowest BCUT2D eigenvalue weighted by Gasteiger charge is -2.00. The second kappa shape index (κ2) is 9.58. The fourth-order valence-electron chi connectivity index (χ4n) is 4.80. The van der Waals surface area contributed by atoms with Crippen molar-refractivity contribution in [3.63, 3.8) is 0 Å². The third-order valence-electron chi connectivity index (χ3n) is 6.74. The molecule has 4 aromatic carbocycles. The van der Waals surface area contributed by atoms with Crippen LogP contribution in [0.4, 0.5) is 39.5 Å². The van der Waals surface area contributed by atoms with E-state index in [1.807, 2.05) is 0 Å². The van der Waals surface area contributed by atoms with Gasteiger partial charge < -0.3 is 0 Å². The minimum absolute atomic E-state index is 0.0616. The van der Waals surface area contributed by atoms with Crippen molar-refractivity contribution < 1.29 is 39.5 Å². The molecule has 210 valence electrons. The third kappa shape index (κ3) is 4.11. The van der Waals surface area contributed by atoms with Gasteiger partial charge in [-0.2, -0.15) is 0 Å². The van der Waals surface area contributed by atoms with Crippen LogP contribution < -0.4 is 0 Å². The van der Waals surface area contributed by atoms with Crippen LogP contribution in [-0.2, 0) is 0 Å². The molecule has 0 nitrogen and oxygen atoms in total. The first-order chi connectivity index (χ1) is 20.0. The summed E-state index contributed by atoms with van der Waals surface area (Å²) in [7, 11) is 0. The van der Waals surface area contributed by atoms with Gasteiger partial charge in [0.15, 0.2) is 52.4 Å². The molecule has 0 radical (unpaired) electrons. The summed E-state index contributed by atoms with van der Waals surface area (Å²) in [5.74, 6) is -13.1. The van der Waals surface area contributed by atoms with Gasteiger partial charge in [0.25, 0.3) is 0 Å². The highest BCUT2D eigenvalue weighted by Gasteiger charge is 2.22. The summed E-state index contributed by atoms with van der Waals surface area (Å²) in [5, 5.41) is 1.76. The molecule has 0 atom stereocenters. The Kier molecular flexibility index (Phi) is 6.16. The number of hydrogen-bond donors (Lipinski definition) is 0. The average molecular weight is 637 g/mol. The molecule has 42 heavy (non-hydrogen) atoms. The van der Waals surface area contributed by atoms with Gasteiger partial charge in [0.05, 0.1) is 0 Å². The van der Waals surface area contributed by atoms with Crippen molar-refractivity contribution in [2.45, 2.75) is 0 Å². The smallest absolute Gasteiger partial charge is 0.194 e. The minimum Gasteiger partial charge on any atom is -0.204 e. The van der Waals surface area contributed by atoms with Crippen LogP contribution in [0.15, 0.2) is 54.6 Å². The largest absolute Gasteiger partial charge is 0.204 e. The molecular weight excluding hydrogens is 628 g/mol. The molecule has 0 spiro atoms. The first kappa shape index (κ1) is 27.0. The molecular formula is C30H9F9S3. The topological polar surface area (TPSA) is 0 Å². The SMILES string of the molecule is Fc1cc(-c2cc3c(s2)c2cc(-c4cc(F)c(F)c(F)c4)sc2c2cc(-c4cc(F)c(F)c(F)c4)sc32)cc(F)c1F. The second-order valence-corrected chi connectivity index (χ2v) is 12.5. The second-order valence-electron chi connectivity index (χ2n) is 9.32. The lowest BCUT2D eigenvalue weighted by atomic mass is 10.1. The van der Waals surface area contributed by atoms with Gasteiger partial charge in [0.1, 0.15) is 0 Å². The minimum atomic E-state index is -1.62. The summed E-state index contributed by atoms with van der Waals surface area (Å²) < 4.78 is 127. The molecule has 0 unspecified atom stereocenters. The molecule has 0 N–H and O–H groups in total. The molecule has 0 bridgehead atoms. The van der Waals surface area contributed by atoms with E-state index in [1.54, 1.807) is 18.2 Å². The van der Waals surface area contributed by atoms with Gasteiger partial charge in [-0.15, -0.1) is 34.0 Å². The molecule has 7 rings (SSSR count). The van der Waals surface area contributed by atoms with Gasteiger partial charge in [-0.25, -0.2) is 39.5 Å². The van der Waals surface area contributed by atoms with Crippen LogP contribution >= 0.6 is 34.0 Å². The summed E-state index contributed by atoms with van der Waals surface area (Å²) in [6.07, 6.45) is 0. The van der Waals surface area contributed by atoms with E-state index in [-0.39, 0.29) is 16.7 Å². The first-order valence-corrected chi connectivity index (χ1v) is 14.3. The maximum absolute atomic E-state index is 14.1. The van der Waals surface area contributed by atoms with Crippen molar-refractivity contribution in [2.75, 3.05) is 0 Å². The van der Waals surface area contributed by atoms with Gasteiger partial charge in [0, 0.05) is 44.9 Å². The Balaban J connectivity index is 1.54. The van der Waals surface area contributed by atoms with Crippen molar-refractivity contribution in [2.24, 2.45) is 0 Å². The number of benzene rings is 4. The fraction of sp³-hybridized carbons (Fsp3) is 0. The lowest BCUT2D eigenvalue weighted by Crippen LogP contribution is -1.90. The van der Waals surface area contributed by atoms with Gasteiger partial charge in [-0.1, -0.05) is 0 Å². The molecule has 0 aliphatic carbocycles. The quantitative estimate of drug-likeness (QED) is 0.134. The molecule has 0 fully saturated rings. The van der Waals surface area contributed by atoms with Crippen molar-refractivity contribution in [3.05, 3.63) is 107 Å². The van der Waals surface area contributed by atoms with E-state index in [9.17, 15) is 39.5 Å². The highest BCUT2D eigenvalue weighted by atomic mass is 32.1. The van der Waals surface area contributed by atoms with Gasteiger partial charge >= 0.3 is 0 Å². The molecule has 0 amide bonds. The van der Waals surface area contributed by atoms with Crippen molar-refractivity contribution in [1.82, 2.24) is 0 Å². The van der Waals surface area contributed by atoms with Gasteiger partial charge in [0.2, 0.25) is 0 Å². The number of halogens is 9. The van der Waals surface area contributed by atoms with Crippen LogP contribution in [0.2, 0.25) is 0 Å². The molecule has 7 aromatic rings. The van der Waals surface area contributed by atoms with Crippen LogP contribution in [-0.4, -0.2) is 0 Å². The standard InChI is InChI=1S/C30H9F9S3/c31-16-1-10(2-17(32)25(16)37)22-7-13-28(40-22)14-8-23(11-3-18(33)26(38)19(34)4-11)42-30(14)15-9-24(41-29(13)15)12-5-20(35)27(39)21(36)6-12/h1-9H. The van der Waals surface area contributed by atoms with Crippen LogP contribution in [0.5, 0.6) is 0 Å². The van der Waals surface area contributed by atoms with E-state index in [1.165, 1.54) is 0 Å². The molecule has 0 saturated heterocycles. The summed E-state index contributed by atoms with van der Waals surface area (Å²) in [5.41, 5.74) is 0.185. The van der Waals surface area contributed by atoms with Crippen molar-refractivity contribution >= 4 is 64.3 Å². The van der Waals surface area contributed by atoms with Gasteiger partial charge in [-0.3, -0.25) is 0 Å². The predicted molar refractivity (Wildman–Crippen MR) is 149 cm³/mol. The Morgan fingerprint density at radius 1 is 0.310 bits per heavy atom. The maximum atomic E-state index is 14.1. The monoisotopic (exact) mass is 636 g/mol. The third-order valence-corrected chi connectivity index (χ3v) is 10.4. The summed E-state index contributed by atoms with van der Waals surface area (Å²) >= 11 is 3.38. The van der Waals surface area contributed by atoms with Gasteiger partial charge in [-0.05, 0) is 71.3 Å². The average Bonchev–Trinajstić information content (AvgIpc) is 3.68. The van der Waals surface area contributed by atoms with E-state index in [0.29, 0.717) is 44.9 Å². The number of thiophene rings is 3. The molecule has 0 aliphatic rings. The summed E-state index contributed by atoms with van der Waals surface area (Å²) in [4.78, 5) is 1.12. The maximum Gasteiger partial charge on any atom is 0.194 e. The van der Waals surface area contributed by atoms with E-state index >= 15 is 0 Å². The predicted octanol–water partition coefficient (Wildman–Crippen LogP) is 11.6. The highest BCUT2D eigenvalue weighted by Crippen LogP contribution is 2.51. The van der Waals surface area contributed by atoms with E-state index in [2.05, 4.69) is 0 Å². The lowest BCUT2D eigenvalue weighted by molar-refractivity contribution is 0.447. The van der Waals surface area contributed by atoms with Crippen LogP contribution in [0.1, 0.15) is 0 Å². The van der Waals surface area contributed by atoms with Crippen LogP contribution in [0, 0.1) is 52.4 Å². The number of fused-ring (bicyclic) bond motifs is 6. The molecule has 0 saturated carbocycles. The highest BCUT2D eigenvalue weighted by molar-refractivity contribution is 7.29. The van der Waals surface area contributed by atoms with Crippen molar-refractivity contribution in [3.8, 4) is 31.3 Å². The Morgan fingerprint density at radius 3 is 0.738 bits per heavy atom. The Morgan fingerprint density at radius 2 is 0.524 bits per heavy atom. The van der Waals surface area contributed by atoms with Crippen LogP contribution in [0.25, 0.3) is 61.6 Å². The normalized spacial score (nSPS) is 11.9. The number of rotatable bonds is 3. The van der Waals surface area contributed by atoms with Crippen LogP contribution in [0.3, 0.4) is 0 Å². The zero-order valence-electron chi connectivity index (χ0n) is 20.3. The van der Waals surface area contributed by atoms with E-state index in [4.69, 9.17) is 0 Å². The zero-order valence-corrected chi connectivity index (χ0v) is 22.8. The molecule has 0 aliphatic heterocycles. The molecule has 3 aromatic heterocycles. The zero-order chi connectivity index (χ0) is 29.6. The summed E-state index contributed by atoms with van der Waals surface area (Å²) in [6, 6.07) is 10.0. The Labute approximate surface area is 241 Å². The van der Waals surface area contributed by atoms with E-state index < -0.39 is 52.4 Å². The molecule has 12 heteroatoms. The molecule has 3 heterocycles. The Hall–Kier alpha value is -3.87. The Bertz CT molecular complexity index is 1840. The van der Waals surface area contributed by atoms with E-state index in [0.717, 1.165) is 70.4 Å². The first-order valence-electron chi connectivity index (χ1n) is 11.9. The number of hydrogen-bond acceptors (Lipinski definition) is 3. The summed E-state index contributed by atoms with van der Waals surface area (Å²) in [6.45, 7) is 0.